The van der Waals surface area contributed by atoms with Crippen molar-refractivity contribution in [3.63, 3.8) is 0 Å². The fourth-order valence-corrected chi connectivity index (χ4v) is 2.21. The quantitative estimate of drug-likeness (QED) is 0.254. The van der Waals surface area contributed by atoms with E-state index in [4.69, 9.17) is 10.8 Å². The van der Waals surface area contributed by atoms with E-state index in [0.717, 1.165) is 18.7 Å². The van der Waals surface area contributed by atoms with Crippen molar-refractivity contribution in [3.8, 4) is 0 Å². The van der Waals surface area contributed by atoms with Crippen molar-refractivity contribution in [2.45, 2.75) is 71.3 Å². The lowest BCUT2D eigenvalue weighted by Gasteiger charge is -2.13. The highest BCUT2D eigenvalue weighted by Gasteiger charge is 2.11. The third-order valence-corrected chi connectivity index (χ3v) is 3.29. The number of nitrogens with one attached hydrogen (secondary N) is 1. The molecule has 1 fully saturated rings. The standard InChI is InChI=1S/C13H27N3/c1-11(2)9-10-13(16-14)15-12-7-5-3-4-6-8-12/h11-12H,3-10,14H2,1-2H3,(H,15,16). The largest absolute Gasteiger partial charge is 0.312 e. The maximum absolute atomic E-state index is 5.53. The SMILES string of the molecule is CC(C)CCC(=NC1CCCCCC1)NN. The van der Waals surface area contributed by atoms with Crippen molar-refractivity contribution < 1.29 is 0 Å². The third-order valence-electron chi connectivity index (χ3n) is 3.29. The number of aliphatic imine (C=N–C) groups is 1. The molecule has 94 valence electrons. The lowest BCUT2D eigenvalue weighted by atomic mass is 10.1. The summed E-state index contributed by atoms with van der Waals surface area (Å²) in [5.74, 6) is 7.25. The molecule has 0 amide bonds. The second kappa shape index (κ2) is 7.66. The van der Waals surface area contributed by atoms with Crippen LogP contribution < -0.4 is 11.3 Å². The molecule has 0 aromatic rings. The van der Waals surface area contributed by atoms with Crippen LogP contribution in [0.25, 0.3) is 0 Å². The fourth-order valence-electron chi connectivity index (χ4n) is 2.21. The summed E-state index contributed by atoms with van der Waals surface area (Å²) >= 11 is 0. The van der Waals surface area contributed by atoms with E-state index in [0.29, 0.717) is 12.0 Å². The molecule has 0 bridgehead atoms. The second-order valence-corrected chi connectivity index (χ2v) is 5.30. The Morgan fingerprint density at radius 1 is 1.25 bits per heavy atom. The van der Waals surface area contributed by atoms with Crippen LogP contribution in [0.15, 0.2) is 4.99 Å². The van der Waals surface area contributed by atoms with Crippen molar-refractivity contribution in [3.05, 3.63) is 0 Å². The summed E-state index contributed by atoms with van der Waals surface area (Å²) in [7, 11) is 0. The molecule has 1 rings (SSSR count). The van der Waals surface area contributed by atoms with E-state index >= 15 is 0 Å². The van der Waals surface area contributed by atoms with E-state index in [9.17, 15) is 0 Å². The van der Waals surface area contributed by atoms with Gasteiger partial charge in [0.15, 0.2) is 0 Å². The summed E-state index contributed by atoms with van der Waals surface area (Å²) in [5.41, 5.74) is 2.78. The molecule has 0 aromatic carbocycles. The number of hydrogen-bond donors (Lipinski definition) is 2. The lowest BCUT2D eigenvalue weighted by molar-refractivity contribution is 0.568. The molecular weight excluding hydrogens is 198 g/mol. The van der Waals surface area contributed by atoms with E-state index in [-0.39, 0.29) is 0 Å². The highest BCUT2D eigenvalue weighted by molar-refractivity contribution is 5.81. The molecule has 0 radical (unpaired) electrons. The van der Waals surface area contributed by atoms with Crippen molar-refractivity contribution in [2.75, 3.05) is 0 Å². The predicted molar refractivity (Wildman–Crippen MR) is 70.3 cm³/mol. The van der Waals surface area contributed by atoms with Crippen molar-refractivity contribution in [1.29, 1.82) is 0 Å². The Labute approximate surface area is 99.9 Å². The topological polar surface area (TPSA) is 50.4 Å². The number of nitrogens with zero attached hydrogens (tertiary/aromatic N) is 1. The number of hydrazine groups is 1. The first-order chi connectivity index (χ1) is 7.72. The van der Waals surface area contributed by atoms with Gasteiger partial charge < -0.3 is 5.43 Å². The van der Waals surface area contributed by atoms with Crippen molar-refractivity contribution in [1.82, 2.24) is 5.43 Å². The van der Waals surface area contributed by atoms with Crippen molar-refractivity contribution in [2.24, 2.45) is 16.8 Å². The molecule has 3 nitrogen and oxygen atoms in total. The van der Waals surface area contributed by atoms with Gasteiger partial charge in [-0.2, -0.15) is 0 Å². The lowest BCUT2D eigenvalue weighted by Crippen LogP contribution is -2.31. The van der Waals surface area contributed by atoms with Gasteiger partial charge in [0.25, 0.3) is 0 Å². The summed E-state index contributed by atoms with van der Waals surface area (Å²) in [5, 5.41) is 0. The van der Waals surface area contributed by atoms with E-state index < -0.39 is 0 Å². The monoisotopic (exact) mass is 225 g/mol. The zero-order valence-electron chi connectivity index (χ0n) is 10.8. The van der Waals surface area contributed by atoms with Crippen LogP contribution in [-0.4, -0.2) is 11.9 Å². The average molecular weight is 225 g/mol. The molecule has 1 aliphatic rings. The van der Waals surface area contributed by atoms with Crippen LogP contribution in [0.3, 0.4) is 0 Å². The minimum absolute atomic E-state index is 0.515. The maximum Gasteiger partial charge on any atom is 0.111 e. The predicted octanol–water partition coefficient (Wildman–Crippen LogP) is 3.01. The molecule has 3 N–H and O–H groups in total. The van der Waals surface area contributed by atoms with Crippen molar-refractivity contribution >= 4 is 5.84 Å². The minimum atomic E-state index is 0.515. The van der Waals surface area contributed by atoms with E-state index in [1.165, 1.54) is 38.5 Å². The Hall–Kier alpha value is -0.570. The summed E-state index contributed by atoms with van der Waals surface area (Å²) in [6, 6.07) is 0.515. The van der Waals surface area contributed by atoms with Gasteiger partial charge in [-0.1, -0.05) is 39.5 Å². The molecule has 0 aliphatic heterocycles. The summed E-state index contributed by atoms with van der Waals surface area (Å²) in [6.45, 7) is 4.47. The maximum atomic E-state index is 5.53. The molecule has 0 saturated heterocycles. The molecule has 0 atom stereocenters. The van der Waals surface area contributed by atoms with Crippen LogP contribution in [0.5, 0.6) is 0 Å². The van der Waals surface area contributed by atoms with E-state index in [1.807, 2.05) is 0 Å². The van der Waals surface area contributed by atoms with Gasteiger partial charge >= 0.3 is 0 Å². The molecule has 16 heavy (non-hydrogen) atoms. The molecular formula is C13H27N3. The van der Waals surface area contributed by atoms with Crippen LogP contribution in [0, 0.1) is 5.92 Å². The zero-order chi connectivity index (χ0) is 11.8. The minimum Gasteiger partial charge on any atom is -0.312 e. The van der Waals surface area contributed by atoms with Gasteiger partial charge in [0, 0.05) is 6.42 Å². The van der Waals surface area contributed by atoms with Gasteiger partial charge in [-0.3, -0.25) is 4.99 Å². The Morgan fingerprint density at radius 2 is 1.88 bits per heavy atom. The summed E-state index contributed by atoms with van der Waals surface area (Å²) < 4.78 is 0. The Morgan fingerprint density at radius 3 is 2.38 bits per heavy atom. The average Bonchev–Trinajstić information content (AvgIpc) is 2.52. The number of rotatable bonds is 4. The normalized spacial score (nSPS) is 19.9. The number of nitrogens with two attached hydrogens (primary N) is 1. The fraction of sp³-hybridized carbons (Fsp3) is 0.923. The smallest absolute Gasteiger partial charge is 0.111 e. The Bertz CT molecular complexity index is 203. The first-order valence-corrected chi connectivity index (χ1v) is 6.75. The van der Waals surface area contributed by atoms with E-state index in [2.05, 4.69) is 19.3 Å². The van der Waals surface area contributed by atoms with Crippen LogP contribution in [0.4, 0.5) is 0 Å². The van der Waals surface area contributed by atoms with Gasteiger partial charge in [0.05, 0.1) is 6.04 Å². The summed E-state index contributed by atoms with van der Waals surface area (Å²) in [6.07, 6.45) is 10.1. The van der Waals surface area contributed by atoms with E-state index in [1.54, 1.807) is 0 Å². The highest BCUT2D eigenvalue weighted by Crippen LogP contribution is 2.20. The highest BCUT2D eigenvalue weighted by atomic mass is 15.3. The first-order valence-electron chi connectivity index (χ1n) is 6.75. The van der Waals surface area contributed by atoms with Crippen LogP contribution in [0.2, 0.25) is 0 Å². The van der Waals surface area contributed by atoms with Gasteiger partial charge in [-0.25, -0.2) is 5.84 Å². The molecule has 0 heterocycles. The summed E-state index contributed by atoms with van der Waals surface area (Å²) in [4.78, 5) is 4.77. The molecule has 0 unspecified atom stereocenters. The first kappa shape index (κ1) is 13.5. The molecule has 1 saturated carbocycles. The number of amidine groups is 1. The van der Waals surface area contributed by atoms with Gasteiger partial charge in [0.2, 0.25) is 0 Å². The molecule has 3 heteroatoms. The van der Waals surface area contributed by atoms with Crippen LogP contribution in [0.1, 0.15) is 65.2 Å². The number of hydrogen-bond acceptors (Lipinski definition) is 2. The Kier molecular flexibility index (Phi) is 6.46. The van der Waals surface area contributed by atoms with Gasteiger partial charge in [-0.05, 0) is 25.2 Å². The zero-order valence-corrected chi connectivity index (χ0v) is 10.8. The van der Waals surface area contributed by atoms with Crippen LogP contribution >= 0.6 is 0 Å². The van der Waals surface area contributed by atoms with Gasteiger partial charge in [0.1, 0.15) is 5.84 Å². The van der Waals surface area contributed by atoms with Crippen LogP contribution in [-0.2, 0) is 0 Å². The Balaban J connectivity index is 2.42. The molecule has 0 spiro atoms. The third kappa shape index (κ3) is 5.50. The molecule has 1 aliphatic carbocycles. The molecule has 0 aromatic heterocycles. The van der Waals surface area contributed by atoms with Gasteiger partial charge in [-0.15, -0.1) is 0 Å². The second-order valence-electron chi connectivity index (χ2n) is 5.30.